The molecule has 8 heteroatoms. The van der Waals surface area contributed by atoms with Gasteiger partial charge in [-0.05, 0) is 6.92 Å². The summed E-state index contributed by atoms with van der Waals surface area (Å²) < 4.78 is 65.2. The van der Waals surface area contributed by atoms with Crippen molar-refractivity contribution >= 4 is 5.91 Å². The number of alkyl halides is 5. The van der Waals surface area contributed by atoms with Crippen LogP contribution in [0.15, 0.2) is 0 Å². The topological polar surface area (TPSA) is 29.5 Å². The molecule has 0 atom stereocenters. The molecule has 96 valence electrons. The third-order valence-corrected chi connectivity index (χ3v) is 1.75. The summed E-state index contributed by atoms with van der Waals surface area (Å²) in [7, 11) is 0.862. The van der Waals surface area contributed by atoms with Crippen LogP contribution in [0.3, 0.4) is 0 Å². The van der Waals surface area contributed by atoms with Crippen LogP contribution in [0.1, 0.15) is 6.92 Å². The summed E-state index contributed by atoms with van der Waals surface area (Å²) in [5, 5.41) is 0. The quantitative estimate of drug-likeness (QED) is 0.548. The Hall–Kier alpha value is -0.920. The molecular weight excluding hydrogens is 237 g/mol. The lowest BCUT2D eigenvalue weighted by Gasteiger charge is -2.24. The van der Waals surface area contributed by atoms with Gasteiger partial charge in [-0.2, -0.15) is 22.0 Å². The fourth-order valence-electron chi connectivity index (χ4n) is 0.808. The summed E-state index contributed by atoms with van der Waals surface area (Å²) in [5.74, 6) is -7.63. The SMILES string of the molecule is CCOCCN(C)C(=O)C(F)(F)C(F)(F)F. The Morgan fingerprint density at radius 3 is 2.12 bits per heavy atom. The predicted octanol–water partition coefficient (Wildman–Crippen LogP) is 1.68. The summed E-state index contributed by atoms with van der Waals surface area (Å²) >= 11 is 0. The highest BCUT2D eigenvalue weighted by Gasteiger charge is 2.64. The van der Waals surface area contributed by atoms with Crippen molar-refractivity contribution in [1.29, 1.82) is 0 Å². The van der Waals surface area contributed by atoms with Crippen LogP contribution in [-0.4, -0.2) is 49.7 Å². The van der Waals surface area contributed by atoms with E-state index in [9.17, 15) is 26.7 Å². The van der Waals surface area contributed by atoms with Gasteiger partial charge in [-0.3, -0.25) is 4.79 Å². The van der Waals surface area contributed by atoms with Gasteiger partial charge < -0.3 is 9.64 Å². The monoisotopic (exact) mass is 249 g/mol. The summed E-state index contributed by atoms with van der Waals surface area (Å²) in [6.07, 6.45) is -5.87. The largest absolute Gasteiger partial charge is 0.463 e. The van der Waals surface area contributed by atoms with Crippen molar-refractivity contribution < 1.29 is 31.5 Å². The van der Waals surface area contributed by atoms with Gasteiger partial charge in [-0.15, -0.1) is 0 Å². The molecule has 0 aromatic heterocycles. The van der Waals surface area contributed by atoms with Crippen molar-refractivity contribution in [3.63, 3.8) is 0 Å². The molecule has 0 N–H and O–H groups in total. The minimum absolute atomic E-state index is 0.0906. The van der Waals surface area contributed by atoms with Gasteiger partial charge in [-0.25, -0.2) is 0 Å². The third-order valence-electron chi connectivity index (χ3n) is 1.75. The van der Waals surface area contributed by atoms with Gasteiger partial charge in [0.25, 0.3) is 0 Å². The maximum atomic E-state index is 12.5. The van der Waals surface area contributed by atoms with E-state index in [1.807, 2.05) is 0 Å². The fourth-order valence-corrected chi connectivity index (χ4v) is 0.808. The first-order valence-electron chi connectivity index (χ1n) is 4.42. The number of ether oxygens (including phenoxy) is 1. The first kappa shape index (κ1) is 15.1. The standard InChI is InChI=1S/C8H12F5NO2/c1-3-16-5-4-14(2)6(15)7(9,10)8(11,12)13/h3-5H2,1-2H3. The number of halogens is 5. The van der Waals surface area contributed by atoms with E-state index in [2.05, 4.69) is 0 Å². The van der Waals surface area contributed by atoms with Gasteiger partial charge in [0.05, 0.1) is 6.61 Å². The zero-order chi connectivity index (χ0) is 13.0. The normalized spacial score (nSPS) is 12.7. The summed E-state index contributed by atoms with van der Waals surface area (Å²) in [6.45, 7) is 1.51. The molecule has 0 unspecified atom stereocenters. The summed E-state index contributed by atoms with van der Waals surface area (Å²) in [6, 6.07) is 0. The van der Waals surface area contributed by atoms with Crippen LogP contribution >= 0.6 is 0 Å². The Bertz CT molecular complexity index is 241. The molecule has 0 aliphatic carbocycles. The number of likely N-dealkylation sites (N-methyl/N-ethyl adjacent to an activating group) is 1. The smallest absolute Gasteiger partial charge is 0.380 e. The molecular formula is C8H12F5NO2. The predicted molar refractivity (Wildman–Crippen MR) is 45.1 cm³/mol. The molecule has 0 heterocycles. The van der Waals surface area contributed by atoms with E-state index >= 15 is 0 Å². The number of rotatable bonds is 5. The lowest BCUT2D eigenvalue weighted by Crippen LogP contribution is -2.51. The summed E-state index contributed by atoms with van der Waals surface area (Å²) in [4.78, 5) is 11.1. The Kier molecular flexibility index (Phi) is 5.11. The molecule has 1 amide bonds. The van der Waals surface area contributed by atoms with Gasteiger partial charge in [0.1, 0.15) is 0 Å². The number of nitrogens with zero attached hydrogens (tertiary/aromatic N) is 1. The second kappa shape index (κ2) is 5.42. The molecule has 0 saturated carbocycles. The average molecular weight is 249 g/mol. The Morgan fingerprint density at radius 2 is 1.75 bits per heavy atom. The molecule has 0 bridgehead atoms. The van der Waals surface area contributed by atoms with E-state index in [0.717, 1.165) is 7.05 Å². The maximum absolute atomic E-state index is 12.5. The first-order valence-corrected chi connectivity index (χ1v) is 4.42. The maximum Gasteiger partial charge on any atom is 0.463 e. The van der Waals surface area contributed by atoms with Crippen molar-refractivity contribution in [2.45, 2.75) is 19.0 Å². The zero-order valence-electron chi connectivity index (χ0n) is 8.77. The lowest BCUT2D eigenvalue weighted by atomic mass is 10.3. The minimum Gasteiger partial charge on any atom is -0.380 e. The van der Waals surface area contributed by atoms with Gasteiger partial charge in [0.15, 0.2) is 0 Å². The van der Waals surface area contributed by atoms with Gasteiger partial charge in [0, 0.05) is 20.2 Å². The van der Waals surface area contributed by atoms with Crippen LogP contribution in [0.5, 0.6) is 0 Å². The van der Waals surface area contributed by atoms with Crippen LogP contribution in [0, 0.1) is 0 Å². The number of carbonyl (C=O) groups excluding carboxylic acids is 1. The number of hydrogen-bond donors (Lipinski definition) is 0. The minimum atomic E-state index is -5.87. The van der Waals surface area contributed by atoms with Crippen LogP contribution in [0.4, 0.5) is 22.0 Å². The summed E-state index contributed by atoms with van der Waals surface area (Å²) in [5.41, 5.74) is 0. The van der Waals surface area contributed by atoms with Crippen LogP contribution in [0.25, 0.3) is 0 Å². The number of carbonyl (C=O) groups is 1. The van der Waals surface area contributed by atoms with E-state index in [1.54, 1.807) is 6.92 Å². The molecule has 0 aliphatic heterocycles. The highest BCUT2D eigenvalue weighted by Crippen LogP contribution is 2.36. The Morgan fingerprint density at radius 1 is 1.25 bits per heavy atom. The molecule has 3 nitrogen and oxygen atoms in total. The second-order valence-corrected chi connectivity index (χ2v) is 3.00. The molecule has 16 heavy (non-hydrogen) atoms. The molecule has 0 aliphatic rings. The van der Waals surface area contributed by atoms with Crippen molar-refractivity contribution in [3.05, 3.63) is 0 Å². The highest BCUT2D eigenvalue weighted by molar-refractivity contribution is 5.84. The van der Waals surface area contributed by atoms with E-state index in [4.69, 9.17) is 4.74 Å². The van der Waals surface area contributed by atoms with E-state index in [0.29, 0.717) is 4.90 Å². The molecule has 0 aromatic rings. The number of hydrogen-bond acceptors (Lipinski definition) is 2. The van der Waals surface area contributed by atoms with E-state index in [1.165, 1.54) is 0 Å². The molecule has 0 aromatic carbocycles. The third kappa shape index (κ3) is 3.58. The molecule has 0 radical (unpaired) electrons. The van der Waals surface area contributed by atoms with Gasteiger partial charge in [0.2, 0.25) is 0 Å². The van der Waals surface area contributed by atoms with Crippen molar-refractivity contribution in [3.8, 4) is 0 Å². The molecule has 0 spiro atoms. The molecule has 0 saturated heterocycles. The zero-order valence-corrected chi connectivity index (χ0v) is 8.77. The van der Waals surface area contributed by atoms with Crippen LogP contribution in [-0.2, 0) is 9.53 Å². The average Bonchev–Trinajstić information content (AvgIpc) is 2.15. The van der Waals surface area contributed by atoms with Gasteiger partial charge >= 0.3 is 18.0 Å². The first-order chi connectivity index (χ1) is 7.14. The number of amides is 1. The van der Waals surface area contributed by atoms with Crippen molar-refractivity contribution in [1.82, 2.24) is 4.90 Å². The van der Waals surface area contributed by atoms with E-state index in [-0.39, 0.29) is 19.8 Å². The van der Waals surface area contributed by atoms with E-state index < -0.39 is 18.0 Å². The lowest BCUT2D eigenvalue weighted by molar-refractivity contribution is -0.274. The van der Waals surface area contributed by atoms with Crippen molar-refractivity contribution in [2.24, 2.45) is 0 Å². The Labute approximate surface area is 89.2 Å². The molecule has 0 fully saturated rings. The van der Waals surface area contributed by atoms with Crippen LogP contribution in [0.2, 0.25) is 0 Å². The second-order valence-electron chi connectivity index (χ2n) is 3.00. The highest BCUT2D eigenvalue weighted by atomic mass is 19.4. The van der Waals surface area contributed by atoms with Crippen molar-refractivity contribution in [2.75, 3.05) is 26.8 Å². The molecule has 0 rings (SSSR count). The Balaban J connectivity index is 4.43. The van der Waals surface area contributed by atoms with Crippen LogP contribution < -0.4 is 0 Å². The van der Waals surface area contributed by atoms with Gasteiger partial charge in [-0.1, -0.05) is 0 Å². The fraction of sp³-hybridized carbons (Fsp3) is 0.875.